The van der Waals surface area contributed by atoms with E-state index in [1.54, 1.807) is 31.2 Å². The molecule has 0 heterocycles. The smallest absolute Gasteiger partial charge is 0.333 e. The predicted molar refractivity (Wildman–Crippen MR) is 84.6 cm³/mol. The van der Waals surface area contributed by atoms with Gasteiger partial charge < -0.3 is 4.90 Å². The van der Waals surface area contributed by atoms with Crippen molar-refractivity contribution < 1.29 is 26.4 Å². The highest BCUT2D eigenvalue weighted by molar-refractivity contribution is 9.10. The van der Waals surface area contributed by atoms with Crippen LogP contribution in [0.3, 0.4) is 0 Å². The molecule has 0 bridgehead atoms. The summed E-state index contributed by atoms with van der Waals surface area (Å²) in [4.78, 5) is 12.5. The van der Waals surface area contributed by atoms with Crippen molar-refractivity contribution in [2.75, 3.05) is 18.8 Å². The molecule has 0 unspecified atom stereocenters. The summed E-state index contributed by atoms with van der Waals surface area (Å²) in [5, 5.41) is 0. The lowest BCUT2D eigenvalue weighted by Gasteiger charge is -2.23. The number of alkyl halides is 3. The van der Waals surface area contributed by atoms with Crippen molar-refractivity contribution in [3.05, 3.63) is 34.3 Å². The summed E-state index contributed by atoms with van der Waals surface area (Å²) < 4.78 is 62.2. The van der Waals surface area contributed by atoms with E-state index in [4.69, 9.17) is 0 Å². The second-order valence-corrected chi connectivity index (χ2v) is 8.07. The number of rotatable bonds is 7. The molecule has 130 valence electrons. The van der Waals surface area contributed by atoms with Gasteiger partial charge in [-0.3, -0.25) is 4.79 Å². The van der Waals surface area contributed by atoms with E-state index in [1.165, 1.54) is 0 Å². The highest BCUT2D eigenvalue weighted by Crippen LogP contribution is 2.18. The van der Waals surface area contributed by atoms with Gasteiger partial charge in [-0.15, -0.1) is 0 Å². The summed E-state index contributed by atoms with van der Waals surface area (Å²) in [6, 6.07) is 6.52. The Morgan fingerprint density at radius 2 is 1.96 bits per heavy atom. The van der Waals surface area contributed by atoms with Gasteiger partial charge in [0.2, 0.25) is 5.91 Å². The maximum absolute atomic E-state index is 12.5. The van der Waals surface area contributed by atoms with Crippen LogP contribution < -0.4 is 0 Å². The summed E-state index contributed by atoms with van der Waals surface area (Å²) in [6.45, 7) is 0.0451. The fourth-order valence-corrected chi connectivity index (χ4v) is 3.78. The Balaban J connectivity index is 2.79. The Hall–Kier alpha value is -1.09. The topological polar surface area (TPSA) is 54.5 Å². The van der Waals surface area contributed by atoms with Crippen LogP contribution >= 0.6 is 15.9 Å². The van der Waals surface area contributed by atoms with E-state index in [9.17, 15) is 26.4 Å². The Morgan fingerprint density at radius 1 is 1.30 bits per heavy atom. The third-order valence-corrected chi connectivity index (χ3v) is 4.79. The molecule has 0 aromatic heterocycles. The molecule has 0 aliphatic rings. The van der Waals surface area contributed by atoms with Gasteiger partial charge in [0.05, 0.1) is 5.75 Å². The number of nitrogens with zero attached hydrogens (tertiary/aromatic N) is 1. The second-order valence-electron chi connectivity index (χ2n) is 5.09. The van der Waals surface area contributed by atoms with Crippen LogP contribution in [0.5, 0.6) is 0 Å². The van der Waals surface area contributed by atoms with Crippen LogP contribution in [-0.4, -0.2) is 44.2 Å². The molecule has 0 fully saturated rings. The zero-order valence-electron chi connectivity index (χ0n) is 12.4. The minimum Gasteiger partial charge on any atom is -0.333 e. The highest BCUT2D eigenvalue weighted by atomic mass is 79.9. The minimum atomic E-state index is -4.56. The molecule has 0 aliphatic carbocycles. The second kappa shape index (κ2) is 8.14. The van der Waals surface area contributed by atoms with Gasteiger partial charge in [0.15, 0.2) is 9.84 Å². The van der Waals surface area contributed by atoms with Gasteiger partial charge in [-0.1, -0.05) is 35.0 Å². The lowest BCUT2D eigenvalue weighted by atomic mass is 10.2. The fraction of sp³-hybridized carbons (Fsp3) is 0.500. The van der Waals surface area contributed by atoms with Gasteiger partial charge in [0.1, 0.15) is 12.3 Å². The number of benzene rings is 1. The zero-order valence-corrected chi connectivity index (χ0v) is 14.8. The monoisotopic (exact) mass is 415 g/mol. The van der Waals surface area contributed by atoms with Crippen LogP contribution in [0, 0.1) is 0 Å². The van der Waals surface area contributed by atoms with Crippen LogP contribution in [0.1, 0.15) is 18.9 Å². The van der Waals surface area contributed by atoms with Gasteiger partial charge in [-0.25, -0.2) is 8.42 Å². The summed E-state index contributed by atoms with van der Waals surface area (Å²) in [6.07, 6.45) is -4.24. The summed E-state index contributed by atoms with van der Waals surface area (Å²) in [5.41, 5.74) is 0.463. The average molecular weight is 416 g/mol. The molecule has 9 heteroatoms. The molecule has 23 heavy (non-hydrogen) atoms. The molecule has 0 saturated heterocycles. The lowest BCUT2D eigenvalue weighted by Crippen LogP contribution is -2.42. The molecule has 0 N–H and O–H groups in total. The van der Waals surface area contributed by atoms with E-state index < -0.39 is 40.0 Å². The number of halogens is 4. The molecule has 0 aliphatic heterocycles. The van der Waals surface area contributed by atoms with Crippen molar-refractivity contribution >= 4 is 31.7 Å². The molecule has 1 aromatic carbocycles. The van der Waals surface area contributed by atoms with Gasteiger partial charge in [0.25, 0.3) is 0 Å². The van der Waals surface area contributed by atoms with Gasteiger partial charge in [-0.05, 0) is 24.1 Å². The van der Waals surface area contributed by atoms with Crippen molar-refractivity contribution in [3.63, 3.8) is 0 Å². The van der Waals surface area contributed by atoms with Gasteiger partial charge in [0, 0.05) is 11.0 Å². The first-order valence-corrected chi connectivity index (χ1v) is 9.43. The Kier molecular flexibility index (Phi) is 7.06. The lowest BCUT2D eigenvalue weighted by molar-refractivity contribution is -0.159. The average Bonchev–Trinajstić information content (AvgIpc) is 2.35. The Morgan fingerprint density at radius 3 is 2.48 bits per heavy atom. The largest absolute Gasteiger partial charge is 0.406 e. The Labute approximate surface area is 141 Å². The predicted octanol–water partition coefficient (Wildman–Crippen LogP) is 3.16. The summed E-state index contributed by atoms with van der Waals surface area (Å²) in [7, 11) is -3.85. The van der Waals surface area contributed by atoms with Crippen molar-refractivity contribution in [2.24, 2.45) is 0 Å². The van der Waals surface area contributed by atoms with Crippen LogP contribution in [0.15, 0.2) is 28.7 Å². The highest BCUT2D eigenvalue weighted by Gasteiger charge is 2.33. The normalized spacial score (nSPS) is 12.2. The third kappa shape index (κ3) is 7.83. The molecular formula is C14H17BrF3NO3S. The number of carbonyl (C=O) groups is 1. The van der Waals surface area contributed by atoms with E-state index in [0.717, 1.165) is 0 Å². The first-order valence-electron chi connectivity index (χ1n) is 6.82. The van der Waals surface area contributed by atoms with Crippen molar-refractivity contribution in [1.29, 1.82) is 0 Å². The van der Waals surface area contributed by atoms with E-state index in [1.807, 2.05) is 0 Å². The number of amides is 1. The maximum Gasteiger partial charge on any atom is 0.406 e. The molecular weight excluding hydrogens is 399 g/mol. The molecule has 0 radical (unpaired) electrons. The van der Waals surface area contributed by atoms with E-state index in [-0.39, 0.29) is 6.54 Å². The molecule has 0 atom stereocenters. The first kappa shape index (κ1) is 20.0. The molecule has 1 amide bonds. The standard InChI is InChI=1S/C14H17BrF3NO3S/c1-2-6-19(10-14(16,17)18)13(20)9-23(21,22)8-11-4-3-5-12(15)7-11/h3-5,7H,2,6,8-10H2,1H3. The first-order chi connectivity index (χ1) is 10.5. The fourth-order valence-electron chi connectivity index (χ4n) is 1.99. The quantitative estimate of drug-likeness (QED) is 0.686. The van der Waals surface area contributed by atoms with Crippen LogP contribution in [0.2, 0.25) is 0 Å². The molecule has 1 rings (SSSR count). The van der Waals surface area contributed by atoms with Gasteiger partial charge >= 0.3 is 6.18 Å². The van der Waals surface area contributed by atoms with Crippen LogP contribution in [-0.2, 0) is 20.4 Å². The van der Waals surface area contributed by atoms with Gasteiger partial charge in [-0.2, -0.15) is 13.2 Å². The summed E-state index contributed by atoms with van der Waals surface area (Å²) >= 11 is 3.20. The van der Waals surface area contributed by atoms with E-state index >= 15 is 0 Å². The van der Waals surface area contributed by atoms with Crippen LogP contribution in [0.4, 0.5) is 13.2 Å². The van der Waals surface area contributed by atoms with Crippen molar-refractivity contribution in [2.45, 2.75) is 25.3 Å². The van der Waals surface area contributed by atoms with E-state index in [2.05, 4.69) is 15.9 Å². The van der Waals surface area contributed by atoms with E-state index in [0.29, 0.717) is 21.4 Å². The molecule has 4 nitrogen and oxygen atoms in total. The number of hydrogen-bond acceptors (Lipinski definition) is 3. The Bertz CT molecular complexity index is 647. The number of carbonyl (C=O) groups excluding carboxylic acids is 1. The SMILES string of the molecule is CCCN(CC(F)(F)F)C(=O)CS(=O)(=O)Cc1cccc(Br)c1. The third-order valence-electron chi connectivity index (χ3n) is 2.84. The van der Waals surface area contributed by atoms with Crippen LogP contribution in [0.25, 0.3) is 0 Å². The molecule has 0 saturated carbocycles. The number of hydrogen-bond donors (Lipinski definition) is 0. The van der Waals surface area contributed by atoms with Crippen molar-refractivity contribution in [1.82, 2.24) is 4.90 Å². The van der Waals surface area contributed by atoms with Crippen molar-refractivity contribution in [3.8, 4) is 0 Å². The maximum atomic E-state index is 12.5. The molecule has 1 aromatic rings. The zero-order chi connectivity index (χ0) is 17.7. The number of sulfone groups is 1. The summed E-state index contributed by atoms with van der Waals surface area (Å²) in [5.74, 6) is -2.36. The minimum absolute atomic E-state index is 0.134. The molecule has 0 spiro atoms.